The van der Waals surface area contributed by atoms with Gasteiger partial charge in [0.15, 0.2) is 11.2 Å². The molecular weight excluding hydrogens is 320 g/mol. The second-order valence-electron chi connectivity index (χ2n) is 4.84. The molecule has 1 aliphatic rings. The summed E-state index contributed by atoms with van der Waals surface area (Å²) in [5.74, 6) is 0.285. The number of hydrogen-bond acceptors (Lipinski definition) is 3. The molecule has 3 rings (SSSR count). The summed E-state index contributed by atoms with van der Waals surface area (Å²) in [6.45, 7) is 0. The molecule has 0 saturated carbocycles. The molecule has 1 heterocycles. The van der Waals surface area contributed by atoms with Crippen molar-refractivity contribution in [2.24, 2.45) is 0 Å². The van der Waals surface area contributed by atoms with Crippen LogP contribution in [0.25, 0.3) is 5.69 Å². The molecule has 1 aliphatic carbocycles. The van der Waals surface area contributed by atoms with Crippen molar-refractivity contribution in [3.63, 3.8) is 0 Å². The summed E-state index contributed by atoms with van der Waals surface area (Å²) in [5, 5.41) is 0. The quantitative estimate of drug-likeness (QED) is 0.873. The molecule has 102 valence electrons. The smallest absolute Gasteiger partial charge is 0.194 e. The van der Waals surface area contributed by atoms with E-state index in [-0.39, 0.29) is 11.2 Å². The number of benzene rings is 1. The van der Waals surface area contributed by atoms with E-state index in [1.165, 1.54) is 6.07 Å². The van der Waals surface area contributed by atoms with Crippen molar-refractivity contribution in [3.8, 4) is 5.69 Å². The Morgan fingerprint density at radius 2 is 1.80 bits per heavy atom. The third-order valence-electron chi connectivity index (χ3n) is 3.52. The van der Waals surface area contributed by atoms with Crippen LogP contribution in [0.1, 0.15) is 28.9 Å². The van der Waals surface area contributed by atoms with Gasteiger partial charge in [-0.05, 0) is 37.1 Å². The van der Waals surface area contributed by atoms with E-state index in [1.807, 2.05) is 24.3 Å². The standard InChI is InChI=1S/C15H13BrN2O2/c16-9-4-6-10(7-5-9)18-11-2-1-3-12(19)15(11)13(20)8-14(18)17/h4-8H,1-3,17H2. The fraction of sp³-hybridized carbons (Fsp3) is 0.200. The third kappa shape index (κ3) is 2.08. The van der Waals surface area contributed by atoms with Gasteiger partial charge in [0.1, 0.15) is 5.82 Å². The second-order valence-corrected chi connectivity index (χ2v) is 5.76. The van der Waals surface area contributed by atoms with Crippen molar-refractivity contribution in [3.05, 3.63) is 56.3 Å². The maximum absolute atomic E-state index is 12.0. The SMILES string of the molecule is Nc1cc(=O)c2c(n1-c1ccc(Br)cc1)CCCC2=O. The lowest BCUT2D eigenvalue weighted by molar-refractivity contribution is 0.0970. The number of anilines is 1. The Morgan fingerprint density at radius 3 is 2.50 bits per heavy atom. The van der Waals surface area contributed by atoms with Crippen molar-refractivity contribution >= 4 is 27.5 Å². The Bertz CT molecular complexity index is 748. The highest BCUT2D eigenvalue weighted by Gasteiger charge is 2.24. The molecule has 2 N–H and O–H groups in total. The van der Waals surface area contributed by atoms with Gasteiger partial charge >= 0.3 is 0 Å². The van der Waals surface area contributed by atoms with Crippen LogP contribution in [0.3, 0.4) is 0 Å². The molecule has 0 aliphatic heterocycles. The minimum Gasteiger partial charge on any atom is -0.385 e. The average Bonchev–Trinajstić information content (AvgIpc) is 2.40. The van der Waals surface area contributed by atoms with Crippen molar-refractivity contribution in [1.29, 1.82) is 0 Å². The fourth-order valence-electron chi connectivity index (χ4n) is 2.65. The number of halogens is 1. The van der Waals surface area contributed by atoms with Gasteiger partial charge in [0.2, 0.25) is 0 Å². The first-order valence-corrected chi connectivity index (χ1v) is 7.21. The van der Waals surface area contributed by atoms with Crippen molar-refractivity contribution < 1.29 is 4.79 Å². The van der Waals surface area contributed by atoms with E-state index in [2.05, 4.69) is 15.9 Å². The van der Waals surface area contributed by atoms with Crippen LogP contribution in [0, 0.1) is 0 Å². The topological polar surface area (TPSA) is 65.1 Å². The van der Waals surface area contributed by atoms with Crippen molar-refractivity contribution in [2.75, 3.05) is 5.73 Å². The van der Waals surface area contributed by atoms with Gasteiger partial charge in [-0.2, -0.15) is 0 Å². The van der Waals surface area contributed by atoms with Gasteiger partial charge in [0.05, 0.1) is 5.56 Å². The number of carbonyl (C=O) groups is 1. The zero-order valence-electron chi connectivity index (χ0n) is 10.7. The van der Waals surface area contributed by atoms with E-state index in [1.54, 1.807) is 4.57 Å². The first-order chi connectivity index (χ1) is 9.58. The number of aromatic nitrogens is 1. The van der Waals surface area contributed by atoms with Crippen LogP contribution < -0.4 is 11.2 Å². The predicted octanol–water partition coefficient (Wildman–Crippen LogP) is 2.70. The number of ketones is 1. The molecule has 4 nitrogen and oxygen atoms in total. The van der Waals surface area contributed by atoms with E-state index >= 15 is 0 Å². The highest BCUT2D eigenvalue weighted by Crippen LogP contribution is 2.25. The molecule has 0 spiro atoms. The summed E-state index contributed by atoms with van der Waals surface area (Å²) >= 11 is 3.39. The maximum atomic E-state index is 12.0. The van der Waals surface area contributed by atoms with E-state index in [0.29, 0.717) is 24.2 Å². The molecule has 20 heavy (non-hydrogen) atoms. The molecule has 0 fully saturated rings. The average molecular weight is 333 g/mol. The molecule has 0 saturated heterocycles. The van der Waals surface area contributed by atoms with Crippen LogP contribution in [-0.2, 0) is 6.42 Å². The molecule has 1 aromatic heterocycles. The zero-order chi connectivity index (χ0) is 14.3. The van der Waals surface area contributed by atoms with Gasteiger partial charge in [-0.3, -0.25) is 14.2 Å². The lowest BCUT2D eigenvalue weighted by Crippen LogP contribution is -2.27. The highest BCUT2D eigenvalue weighted by atomic mass is 79.9. The number of nitrogens with zero attached hydrogens (tertiary/aromatic N) is 1. The van der Waals surface area contributed by atoms with Gasteiger partial charge in [-0.15, -0.1) is 0 Å². The summed E-state index contributed by atoms with van der Waals surface area (Å²) in [5.41, 5.74) is 7.62. The summed E-state index contributed by atoms with van der Waals surface area (Å²) in [4.78, 5) is 24.0. The van der Waals surface area contributed by atoms with Gasteiger partial charge in [0, 0.05) is 28.3 Å². The van der Waals surface area contributed by atoms with E-state index in [9.17, 15) is 9.59 Å². The second kappa shape index (κ2) is 4.90. The Kier molecular flexibility index (Phi) is 3.22. The van der Waals surface area contributed by atoms with Crippen LogP contribution >= 0.6 is 15.9 Å². The van der Waals surface area contributed by atoms with Gasteiger partial charge in [0.25, 0.3) is 0 Å². The summed E-state index contributed by atoms with van der Waals surface area (Å²) in [6, 6.07) is 8.96. The number of nitrogen functional groups attached to an aromatic ring is 1. The number of hydrogen-bond donors (Lipinski definition) is 1. The Morgan fingerprint density at radius 1 is 1.10 bits per heavy atom. The van der Waals surface area contributed by atoms with Gasteiger partial charge < -0.3 is 5.73 Å². The first kappa shape index (κ1) is 13.1. The summed E-state index contributed by atoms with van der Waals surface area (Å²) in [6.07, 6.45) is 1.88. The summed E-state index contributed by atoms with van der Waals surface area (Å²) in [7, 11) is 0. The van der Waals surface area contributed by atoms with Crippen LogP contribution in [-0.4, -0.2) is 10.4 Å². The van der Waals surface area contributed by atoms with Crippen LogP contribution in [0.2, 0.25) is 0 Å². The normalized spacial score (nSPS) is 14.2. The van der Waals surface area contributed by atoms with E-state index in [0.717, 1.165) is 22.3 Å². The fourth-order valence-corrected chi connectivity index (χ4v) is 2.92. The molecule has 0 radical (unpaired) electrons. The Hall–Kier alpha value is -1.88. The minimum absolute atomic E-state index is 0.0814. The number of Topliss-reactive ketones (excluding diaryl/α,β-unsaturated/α-hetero) is 1. The van der Waals surface area contributed by atoms with Gasteiger partial charge in [-0.1, -0.05) is 15.9 Å². The molecule has 0 unspecified atom stereocenters. The summed E-state index contributed by atoms with van der Waals surface area (Å²) < 4.78 is 2.77. The maximum Gasteiger partial charge on any atom is 0.194 e. The minimum atomic E-state index is -0.268. The number of rotatable bonds is 1. The number of carbonyl (C=O) groups excluding carboxylic acids is 1. The number of fused-ring (bicyclic) bond motifs is 1. The lowest BCUT2D eigenvalue weighted by atomic mass is 9.93. The molecule has 1 aromatic carbocycles. The molecule has 2 aromatic rings. The van der Waals surface area contributed by atoms with E-state index < -0.39 is 0 Å². The zero-order valence-corrected chi connectivity index (χ0v) is 12.3. The van der Waals surface area contributed by atoms with Crippen molar-refractivity contribution in [2.45, 2.75) is 19.3 Å². The van der Waals surface area contributed by atoms with E-state index in [4.69, 9.17) is 5.73 Å². The van der Waals surface area contributed by atoms with Crippen LogP contribution in [0.5, 0.6) is 0 Å². The first-order valence-electron chi connectivity index (χ1n) is 6.41. The number of pyridine rings is 1. The Labute approximate surface area is 124 Å². The molecule has 0 amide bonds. The molecular formula is C15H13BrN2O2. The third-order valence-corrected chi connectivity index (χ3v) is 4.05. The molecule has 5 heteroatoms. The van der Waals surface area contributed by atoms with Crippen LogP contribution in [0.15, 0.2) is 39.6 Å². The highest BCUT2D eigenvalue weighted by molar-refractivity contribution is 9.10. The number of nitrogens with two attached hydrogens (primary N) is 1. The predicted molar refractivity (Wildman–Crippen MR) is 81.4 cm³/mol. The molecule has 0 bridgehead atoms. The van der Waals surface area contributed by atoms with Crippen molar-refractivity contribution in [1.82, 2.24) is 4.57 Å². The monoisotopic (exact) mass is 332 g/mol. The Balaban J connectivity index is 2.31. The van der Waals surface area contributed by atoms with Crippen LogP contribution in [0.4, 0.5) is 5.82 Å². The van der Waals surface area contributed by atoms with Gasteiger partial charge in [-0.25, -0.2) is 0 Å². The largest absolute Gasteiger partial charge is 0.385 e. The molecule has 0 atom stereocenters. The lowest BCUT2D eigenvalue weighted by Gasteiger charge is -2.22.